The third-order valence-corrected chi connectivity index (χ3v) is 3.43. The fourth-order valence-corrected chi connectivity index (χ4v) is 2.26. The fraction of sp³-hybridized carbons (Fsp3) is 0.143. The molecule has 2 N–H and O–H groups in total. The lowest BCUT2D eigenvalue weighted by molar-refractivity contribution is -0.113. The fourth-order valence-electron chi connectivity index (χ4n) is 1.53. The molecule has 0 atom stereocenters. The topological polar surface area (TPSA) is 79.5 Å². The monoisotopic (exact) mass is 291 g/mol. The summed E-state index contributed by atoms with van der Waals surface area (Å²) in [4.78, 5) is 22.4. The number of benzene rings is 1. The van der Waals surface area contributed by atoms with Gasteiger partial charge in [0.25, 0.3) is 0 Å². The minimum Gasteiger partial charge on any atom is -0.478 e. The molecule has 6 heteroatoms. The number of nitrogens with one attached hydrogen (secondary N) is 1. The number of amides is 1. The van der Waals surface area contributed by atoms with Gasteiger partial charge in [0.15, 0.2) is 0 Å². The Bertz CT molecular complexity index is 578. The third kappa shape index (κ3) is 4.17. The van der Waals surface area contributed by atoms with Crippen molar-refractivity contribution in [2.45, 2.75) is 5.75 Å². The molecule has 2 rings (SSSR count). The number of hydrogen-bond acceptors (Lipinski definition) is 4. The highest BCUT2D eigenvalue weighted by atomic mass is 32.2. The smallest absolute Gasteiger partial charge is 0.335 e. The van der Waals surface area contributed by atoms with Gasteiger partial charge in [0.2, 0.25) is 5.91 Å². The van der Waals surface area contributed by atoms with E-state index in [-0.39, 0.29) is 11.5 Å². The standard InChI is InChI=1S/C14H13NO4S/c16-13(9-20-8-12-2-1-7-19-12)15-11-5-3-10(4-6-11)14(17)18/h1-7H,8-9H2,(H,15,16)(H,17,18). The summed E-state index contributed by atoms with van der Waals surface area (Å²) in [6, 6.07) is 9.70. The predicted molar refractivity (Wildman–Crippen MR) is 76.9 cm³/mol. The lowest BCUT2D eigenvalue weighted by Gasteiger charge is -2.05. The summed E-state index contributed by atoms with van der Waals surface area (Å²) >= 11 is 1.45. The summed E-state index contributed by atoms with van der Waals surface area (Å²) in [6.45, 7) is 0. The van der Waals surface area contributed by atoms with Crippen LogP contribution in [0, 0.1) is 0 Å². The molecular formula is C14H13NO4S. The van der Waals surface area contributed by atoms with Gasteiger partial charge >= 0.3 is 5.97 Å². The Kier molecular flexibility index (Phi) is 4.84. The summed E-state index contributed by atoms with van der Waals surface area (Å²) in [7, 11) is 0. The van der Waals surface area contributed by atoms with Crippen molar-refractivity contribution in [3.05, 3.63) is 54.0 Å². The first-order valence-electron chi connectivity index (χ1n) is 5.88. The van der Waals surface area contributed by atoms with Crippen LogP contribution >= 0.6 is 11.8 Å². The zero-order valence-corrected chi connectivity index (χ0v) is 11.4. The Morgan fingerprint density at radius 2 is 1.95 bits per heavy atom. The molecule has 0 bridgehead atoms. The molecule has 0 saturated carbocycles. The highest BCUT2D eigenvalue weighted by Gasteiger charge is 2.05. The molecule has 0 spiro atoms. The lowest BCUT2D eigenvalue weighted by atomic mass is 10.2. The van der Waals surface area contributed by atoms with Crippen LogP contribution in [0.15, 0.2) is 47.1 Å². The maximum absolute atomic E-state index is 11.7. The maximum Gasteiger partial charge on any atom is 0.335 e. The van der Waals surface area contributed by atoms with E-state index in [9.17, 15) is 9.59 Å². The summed E-state index contributed by atoms with van der Waals surface area (Å²) < 4.78 is 5.16. The van der Waals surface area contributed by atoms with E-state index in [0.29, 0.717) is 17.2 Å². The van der Waals surface area contributed by atoms with Gasteiger partial charge < -0.3 is 14.8 Å². The second-order valence-electron chi connectivity index (χ2n) is 4.00. The highest BCUT2D eigenvalue weighted by molar-refractivity contribution is 7.99. The van der Waals surface area contributed by atoms with Crippen molar-refractivity contribution in [1.82, 2.24) is 0 Å². The largest absolute Gasteiger partial charge is 0.478 e. The number of aromatic carboxylic acids is 1. The third-order valence-electron chi connectivity index (χ3n) is 2.47. The summed E-state index contributed by atoms with van der Waals surface area (Å²) in [5.41, 5.74) is 0.772. The van der Waals surface area contributed by atoms with Gasteiger partial charge in [-0.2, -0.15) is 0 Å². The van der Waals surface area contributed by atoms with Crippen molar-refractivity contribution in [3.8, 4) is 0 Å². The molecule has 0 aliphatic carbocycles. The highest BCUT2D eigenvalue weighted by Crippen LogP contribution is 2.14. The Balaban J connectivity index is 1.77. The van der Waals surface area contributed by atoms with Crippen LogP contribution in [0.1, 0.15) is 16.1 Å². The van der Waals surface area contributed by atoms with Gasteiger partial charge in [0.05, 0.1) is 23.3 Å². The zero-order valence-electron chi connectivity index (χ0n) is 10.5. The summed E-state index contributed by atoms with van der Waals surface area (Å²) in [6.07, 6.45) is 1.60. The van der Waals surface area contributed by atoms with E-state index in [1.165, 1.54) is 23.9 Å². The van der Waals surface area contributed by atoms with E-state index >= 15 is 0 Å². The predicted octanol–water partition coefficient (Wildman–Crippen LogP) is 2.85. The number of carbonyl (C=O) groups excluding carboxylic acids is 1. The van der Waals surface area contributed by atoms with Gasteiger partial charge in [0.1, 0.15) is 5.76 Å². The molecule has 0 fully saturated rings. The van der Waals surface area contributed by atoms with Crippen LogP contribution in [-0.2, 0) is 10.5 Å². The maximum atomic E-state index is 11.7. The van der Waals surface area contributed by atoms with E-state index < -0.39 is 5.97 Å². The summed E-state index contributed by atoms with van der Waals surface area (Å²) in [5, 5.41) is 11.5. The minimum atomic E-state index is -0.989. The number of carboxylic acid groups (broad SMARTS) is 1. The van der Waals surface area contributed by atoms with Crippen molar-refractivity contribution >= 4 is 29.3 Å². The van der Waals surface area contributed by atoms with Crippen LogP contribution in [0.3, 0.4) is 0 Å². The number of carboxylic acids is 1. The molecule has 104 valence electrons. The molecule has 0 aliphatic rings. The normalized spacial score (nSPS) is 10.2. The van der Waals surface area contributed by atoms with E-state index in [1.54, 1.807) is 24.5 Å². The number of carbonyl (C=O) groups is 2. The van der Waals surface area contributed by atoms with Crippen LogP contribution < -0.4 is 5.32 Å². The molecule has 5 nitrogen and oxygen atoms in total. The number of thioether (sulfide) groups is 1. The van der Waals surface area contributed by atoms with Gasteiger partial charge in [-0.05, 0) is 36.4 Å². The average molecular weight is 291 g/mol. The first-order chi connectivity index (χ1) is 9.65. The average Bonchev–Trinajstić information content (AvgIpc) is 2.92. The molecule has 1 heterocycles. The minimum absolute atomic E-state index is 0.135. The van der Waals surface area contributed by atoms with E-state index in [1.807, 2.05) is 6.07 Å². The molecule has 20 heavy (non-hydrogen) atoms. The van der Waals surface area contributed by atoms with Crippen LogP contribution in [0.4, 0.5) is 5.69 Å². The van der Waals surface area contributed by atoms with Crippen molar-refractivity contribution in [1.29, 1.82) is 0 Å². The van der Waals surface area contributed by atoms with Crippen LogP contribution in [0.5, 0.6) is 0 Å². The van der Waals surface area contributed by atoms with Crippen LogP contribution in [0.25, 0.3) is 0 Å². The van der Waals surface area contributed by atoms with Crippen molar-refractivity contribution in [2.24, 2.45) is 0 Å². The van der Waals surface area contributed by atoms with E-state index in [2.05, 4.69) is 5.32 Å². The first kappa shape index (κ1) is 14.2. The van der Waals surface area contributed by atoms with Crippen LogP contribution in [0.2, 0.25) is 0 Å². The Morgan fingerprint density at radius 1 is 1.20 bits per heavy atom. The Morgan fingerprint density at radius 3 is 2.55 bits per heavy atom. The van der Waals surface area contributed by atoms with Gasteiger partial charge in [-0.3, -0.25) is 4.79 Å². The second-order valence-corrected chi connectivity index (χ2v) is 4.99. The van der Waals surface area contributed by atoms with Gasteiger partial charge in [-0.1, -0.05) is 0 Å². The number of rotatable bonds is 6. The molecular weight excluding hydrogens is 278 g/mol. The second kappa shape index (κ2) is 6.81. The van der Waals surface area contributed by atoms with Crippen molar-refractivity contribution in [3.63, 3.8) is 0 Å². The molecule has 1 aromatic heterocycles. The molecule has 0 saturated heterocycles. The van der Waals surface area contributed by atoms with E-state index in [0.717, 1.165) is 5.76 Å². The molecule has 2 aromatic rings. The SMILES string of the molecule is O=C(CSCc1ccco1)Nc1ccc(C(=O)O)cc1. The lowest BCUT2D eigenvalue weighted by Crippen LogP contribution is -2.14. The Hall–Kier alpha value is -2.21. The van der Waals surface area contributed by atoms with Crippen molar-refractivity contribution < 1.29 is 19.1 Å². The molecule has 0 aliphatic heterocycles. The molecule has 0 radical (unpaired) electrons. The Labute approximate surface area is 120 Å². The number of anilines is 1. The molecule has 0 unspecified atom stereocenters. The summed E-state index contributed by atoms with van der Waals surface area (Å²) in [5.74, 6) is 0.648. The number of hydrogen-bond donors (Lipinski definition) is 2. The molecule has 1 aromatic carbocycles. The quantitative estimate of drug-likeness (QED) is 0.855. The van der Waals surface area contributed by atoms with Gasteiger partial charge in [-0.15, -0.1) is 11.8 Å². The van der Waals surface area contributed by atoms with Gasteiger partial charge in [-0.25, -0.2) is 4.79 Å². The van der Waals surface area contributed by atoms with Crippen LogP contribution in [-0.4, -0.2) is 22.7 Å². The molecule has 1 amide bonds. The zero-order chi connectivity index (χ0) is 14.4. The van der Waals surface area contributed by atoms with Gasteiger partial charge in [0, 0.05) is 5.69 Å². The van der Waals surface area contributed by atoms with E-state index in [4.69, 9.17) is 9.52 Å². The first-order valence-corrected chi connectivity index (χ1v) is 7.04. The number of furan rings is 1. The van der Waals surface area contributed by atoms with Crippen molar-refractivity contribution in [2.75, 3.05) is 11.1 Å².